The highest BCUT2D eigenvalue weighted by Gasteiger charge is 2.08. The maximum absolute atomic E-state index is 5.73. The zero-order valence-corrected chi connectivity index (χ0v) is 12.0. The monoisotopic (exact) mass is 251 g/mol. The highest BCUT2D eigenvalue weighted by molar-refractivity contribution is 5.77. The molecule has 0 aliphatic rings. The molecule has 0 unspecified atom stereocenters. The molecule has 5 heteroatoms. The normalized spacial score (nSPS) is 11.9. The van der Waals surface area contributed by atoms with E-state index in [9.17, 15) is 0 Å². The molecule has 0 bridgehead atoms. The van der Waals surface area contributed by atoms with Crippen LogP contribution in [0.4, 0.5) is 0 Å². The van der Waals surface area contributed by atoms with E-state index in [0.29, 0.717) is 5.96 Å². The second-order valence-electron chi connectivity index (χ2n) is 4.57. The Bertz CT molecular complexity index is 406. The van der Waals surface area contributed by atoms with E-state index in [1.807, 2.05) is 11.7 Å². The summed E-state index contributed by atoms with van der Waals surface area (Å²) in [4.78, 5) is 4.19. The van der Waals surface area contributed by atoms with E-state index in [-0.39, 0.29) is 0 Å². The number of hydrogen-bond acceptors (Lipinski definition) is 2. The number of guanidine groups is 1. The Hall–Kier alpha value is -1.52. The highest BCUT2D eigenvalue weighted by Crippen LogP contribution is 2.13. The van der Waals surface area contributed by atoms with Crippen LogP contribution in [0.5, 0.6) is 0 Å². The van der Waals surface area contributed by atoms with E-state index < -0.39 is 0 Å². The summed E-state index contributed by atoms with van der Waals surface area (Å²) in [6, 6.07) is 0. The van der Waals surface area contributed by atoms with Crippen LogP contribution >= 0.6 is 0 Å². The van der Waals surface area contributed by atoms with Crippen LogP contribution in [0, 0.1) is 13.8 Å². The summed E-state index contributed by atoms with van der Waals surface area (Å²) in [6.07, 6.45) is 3.09. The minimum absolute atomic E-state index is 0.552. The Morgan fingerprint density at radius 3 is 2.72 bits per heavy atom. The first kappa shape index (κ1) is 14.5. The van der Waals surface area contributed by atoms with Crippen LogP contribution in [0.15, 0.2) is 4.99 Å². The van der Waals surface area contributed by atoms with Crippen molar-refractivity contribution >= 4 is 5.96 Å². The van der Waals surface area contributed by atoms with Gasteiger partial charge in [0, 0.05) is 25.8 Å². The van der Waals surface area contributed by atoms with E-state index >= 15 is 0 Å². The van der Waals surface area contributed by atoms with Gasteiger partial charge in [0.2, 0.25) is 0 Å². The van der Waals surface area contributed by atoms with Crippen molar-refractivity contribution in [1.29, 1.82) is 0 Å². The van der Waals surface area contributed by atoms with Gasteiger partial charge in [0.25, 0.3) is 0 Å². The van der Waals surface area contributed by atoms with Crippen LogP contribution in [0.2, 0.25) is 0 Å². The summed E-state index contributed by atoms with van der Waals surface area (Å²) in [5.74, 6) is 0.552. The van der Waals surface area contributed by atoms with Crippen molar-refractivity contribution in [2.45, 2.75) is 40.0 Å². The molecular weight excluding hydrogens is 226 g/mol. The van der Waals surface area contributed by atoms with Crippen molar-refractivity contribution in [3.8, 4) is 0 Å². The van der Waals surface area contributed by atoms with Gasteiger partial charge in [-0.1, -0.05) is 6.92 Å². The van der Waals surface area contributed by atoms with Crippen molar-refractivity contribution in [2.75, 3.05) is 13.1 Å². The molecule has 0 aromatic carbocycles. The van der Waals surface area contributed by atoms with Crippen molar-refractivity contribution in [3.63, 3.8) is 0 Å². The minimum Gasteiger partial charge on any atom is -0.370 e. The standard InChI is InChI=1S/C13H25N5/c1-5-8-15-13(14)16-9-6-7-12-10(2)17-18(4)11(12)3/h5-9H2,1-4H3,(H3,14,15,16). The molecule has 0 aliphatic carbocycles. The third-order valence-electron chi connectivity index (χ3n) is 3.07. The van der Waals surface area contributed by atoms with E-state index in [1.54, 1.807) is 0 Å². The predicted molar refractivity (Wildman–Crippen MR) is 75.8 cm³/mol. The smallest absolute Gasteiger partial charge is 0.188 e. The van der Waals surface area contributed by atoms with Crippen LogP contribution in [0.3, 0.4) is 0 Å². The second kappa shape index (κ2) is 7.03. The summed E-state index contributed by atoms with van der Waals surface area (Å²) >= 11 is 0. The molecular formula is C13H25N5. The Kier molecular flexibility index (Phi) is 5.68. The Morgan fingerprint density at radius 1 is 1.44 bits per heavy atom. The topological polar surface area (TPSA) is 68.2 Å². The highest BCUT2D eigenvalue weighted by atomic mass is 15.3. The summed E-state index contributed by atoms with van der Waals surface area (Å²) in [5.41, 5.74) is 9.45. The Labute approximate surface area is 109 Å². The van der Waals surface area contributed by atoms with Crippen molar-refractivity contribution in [1.82, 2.24) is 15.1 Å². The summed E-state index contributed by atoms with van der Waals surface area (Å²) in [6.45, 7) is 7.91. The predicted octanol–water partition coefficient (Wildman–Crippen LogP) is 1.28. The van der Waals surface area contributed by atoms with Gasteiger partial charge in [0.1, 0.15) is 0 Å². The number of nitrogens with one attached hydrogen (secondary N) is 1. The molecule has 0 saturated carbocycles. The fourth-order valence-corrected chi connectivity index (χ4v) is 1.95. The quantitative estimate of drug-likeness (QED) is 0.455. The largest absolute Gasteiger partial charge is 0.370 e. The lowest BCUT2D eigenvalue weighted by Gasteiger charge is -2.06. The van der Waals surface area contributed by atoms with Crippen LogP contribution in [-0.4, -0.2) is 28.8 Å². The van der Waals surface area contributed by atoms with Gasteiger partial charge in [0.05, 0.1) is 5.69 Å². The zero-order chi connectivity index (χ0) is 13.5. The average Bonchev–Trinajstić information content (AvgIpc) is 2.57. The summed E-state index contributed by atoms with van der Waals surface area (Å²) in [7, 11) is 1.99. The molecule has 1 aromatic heterocycles. The molecule has 3 N–H and O–H groups in total. The fourth-order valence-electron chi connectivity index (χ4n) is 1.95. The molecule has 0 amide bonds. The lowest BCUT2D eigenvalue weighted by atomic mass is 10.1. The van der Waals surface area contributed by atoms with E-state index in [1.165, 1.54) is 11.3 Å². The van der Waals surface area contributed by atoms with Gasteiger partial charge < -0.3 is 11.1 Å². The van der Waals surface area contributed by atoms with Crippen molar-refractivity contribution < 1.29 is 0 Å². The minimum atomic E-state index is 0.552. The fraction of sp³-hybridized carbons (Fsp3) is 0.692. The molecule has 1 rings (SSSR count). The molecule has 18 heavy (non-hydrogen) atoms. The Morgan fingerprint density at radius 2 is 2.17 bits per heavy atom. The van der Waals surface area contributed by atoms with Gasteiger partial charge in [-0.3, -0.25) is 9.67 Å². The molecule has 1 aromatic rings. The lowest BCUT2D eigenvalue weighted by molar-refractivity contribution is 0.726. The zero-order valence-electron chi connectivity index (χ0n) is 12.0. The first-order valence-corrected chi connectivity index (χ1v) is 6.59. The van der Waals surface area contributed by atoms with E-state index in [2.05, 4.69) is 36.2 Å². The van der Waals surface area contributed by atoms with Crippen LogP contribution in [-0.2, 0) is 13.5 Å². The van der Waals surface area contributed by atoms with E-state index in [0.717, 1.165) is 38.0 Å². The molecule has 0 radical (unpaired) electrons. The van der Waals surface area contributed by atoms with Gasteiger partial charge in [0.15, 0.2) is 5.96 Å². The maximum atomic E-state index is 5.73. The van der Waals surface area contributed by atoms with Gasteiger partial charge >= 0.3 is 0 Å². The molecule has 0 spiro atoms. The number of aryl methyl sites for hydroxylation is 2. The number of hydrogen-bond donors (Lipinski definition) is 2. The number of aliphatic imine (C=N–C) groups is 1. The third kappa shape index (κ3) is 4.05. The molecule has 0 aliphatic heterocycles. The number of rotatable bonds is 6. The maximum Gasteiger partial charge on any atom is 0.188 e. The van der Waals surface area contributed by atoms with E-state index in [4.69, 9.17) is 5.73 Å². The average molecular weight is 251 g/mol. The molecule has 1 heterocycles. The number of aromatic nitrogens is 2. The molecule has 0 fully saturated rings. The van der Waals surface area contributed by atoms with Gasteiger partial charge in [-0.05, 0) is 38.7 Å². The van der Waals surface area contributed by atoms with Crippen LogP contribution in [0.1, 0.15) is 36.7 Å². The van der Waals surface area contributed by atoms with Crippen molar-refractivity contribution in [2.24, 2.45) is 17.8 Å². The van der Waals surface area contributed by atoms with Gasteiger partial charge in [-0.15, -0.1) is 0 Å². The number of nitrogens with zero attached hydrogens (tertiary/aromatic N) is 3. The lowest BCUT2D eigenvalue weighted by Crippen LogP contribution is -2.32. The first-order valence-electron chi connectivity index (χ1n) is 6.59. The second-order valence-corrected chi connectivity index (χ2v) is 4.57. The summed E-state index contributed by atoms with van der Waals surface area (Å²) < 4.78 is 1.94. The molecule has 0 atom stereocenters. The van der Waals surface area contributed by atoms with Gasteiger partial charge in [-0.25, -0.2) is 0 Å². The Balaban J connectivity index is 2.34. The molecule has 102 valence electrons. The summed E-state index contributed by atoms with van der Waals surface area (Å²) in [5, 5.41) is 7.55. The molecule has 0 saturated heterocycles. The van der Waals surface area contributed by atoms with Crippen molar-refractivity contribution in [3.05, 3.63) is 17.0 Å². The van der Waals surface area contributed by atoms with Crippen LogP contribution < -0.4 is 11.1 Å². The molecule has 5 nitrogen and oxygen atoms in total. The number of nitrogens with two attached hydrogens (primary N) is 1. The van der Waals surface area contributed by atoms with Gasteiger partial charge in [-0.2, -0.15) is 5.10 Å². The first-order chi connectivity index (χ1) is 8.56. The third-order valence-corrected chi connectivity index (χ3v) is 3.07. The van der Waals surface area contributed by atoms with Crippen LogP contribution in [0.25, 0.3) is 0 Å². The SMILES string of the molecule is CCCN=C(N)NCCCc1c(C)nn(C)c1C.